The van der Waals surface area contributed by atoms with E-state index in [2.05, 4.69) is 5.32 Å². The third kappa shape index (κ3) is 5.49. The summed E-state index contributed by atoms with van der Waals surface area (Å²) in [5.74, 6) is 0. The average molecular weight is 514 g/mol. The van der Waals surface area contributed by atoms with Gasteiger partial charge < -0.3 is 5.11 Å². The van der Waals surface area contributed by atoms with E-state index in [1.54, 1.807) is 6.92 Å². The maximum absolute atomic E-state index is 13.2. The molecule has 2 N–H and O–H groups in total. The normalized spacial score (nSPS) is 19.0. The van der Waals surface area contributed by atoms with E-state index in [-0.39, 0.29) is 42.1 Å². The Morgan fingerprint density at radius 3 is 1.91 bits per heavy atom. The van der Waals surface area contributed by atoms with Gasteiger partial charge in [-0.15, -0.1) is 0 Å². The van der Waals surface area contributed by atoms with Crippen LogP contribution in [0.3, 0.4) is 0 Å². The number of anilines is 1. The minimum atomic E-state index is -5.05. The lowest BCUT2D eigenvalue weighted by atomic mass is 9.87. The van der Waals surface area contributed by atoms with Crippen molar-refractivity contribution in [2.75, 3.05) is 4.90 Å². The highest BCUT2D eigenvalue weighted by molar-refractivity contribution is 5.89. The Labute approximate surface area is 193 Å². The minimum absolute atomic E-state index is 0.000263. The number of amides is 1. The average Bonchev–Trinajstić information content (AvgIpc) is 2.74. The molecule has 0 aromatic heterocycles. The molecule has 0 bridgehead atoms. The molecule has 1 unspecified atom stereocenters. The van der Waals surface area contributed by atoms with Crippen LogP contribution >= 0.6 is 0 Å². The number of benzene rings is 2. The smallest absolute Gasteiger partial charge is 0.416 e. The van der Waals surface area contributed by atoms with E-state index in [9.17, 15) is 49.4 Å². The van der Waals surface area contributed by atoms with Crippen LogP contribution in [0.1, 0.15) is 47.6 Å². The maximum atomic E-state index is 13.2. The Kier molecular flexibility index (Phi) is 6.79. The molecule has 0 spiro atoms. The highest BCUT2D eigenvalue weighted by atomic mass is 19.4. The summed E-state index contributed by atoms with van der Waals surface area (Å²) < 4.78 is 118. The number of hydrogen-bond donors (Lipinski definition) is 2. The number of rotatable bonds is 4. The number of carbonyl (C=O) groups is 1. The highest BCUT2D eigenvalue weighted by Crippen LogP contribution is 2.41. The van der Waals surface area contributed by atoms with Crippen molar-refractivity contribution in [3.8, 4) is 0 Å². The Morgan fingerprint density at radius 1 is 0.914 bits per heavy atom. The monoisotopic (exact) mass is 514 g/mol. The summed E-state index contributed by atoms with van der Waals surface area (Å²) in [4.78, 5) is 12.9. The Balaban J connectivity index is 1.99. The van der Waals surface area contributed by atoms with Crippen molar-refractivity contribution < 1.29 is 49.4 Å². The molecule has 1 amide bonds. The predicted molar refractivity (Wildman–Crippen MR) is 107 cm³/mol. The van der Waals surface area contributed by atoms with Gasteiger partial charge in [-0.2, -0.15) is 39.5 Å². The van der Waals surface area contributed by atoms with E-state index in [0.717, 1.165) is 17.0 Å². The molecule has 192 valence electrons. The molecule has 3 rings (SSSR count). The van der Waals surface area contributed by atoms with Crippen molar-refractivity contribution in [2.24, 2.45) is 0 Å². The predicted octanol–water partition coefficient (Wildman–Crippen LogP) is 7.07. The van der Waals surface area contributed by atoms with Crippen LogP contribution in [-0.2, 0) is 31.5 Å². The Morgan fingerprint density at radius 2 is 1.46 bits per heavy atom. The quantitative estimate of drug-likeness (QED) is 0.429. The van der Waals surface area contributed by atoms with Crippen molar-refractivity contribution in [3.63, 3.8) is 0 Å². The van der Waals surface area contributed by atoms with Gasteiger partial charge in [-0.1, -0.05) is 6.92 Å². The number of nitrogens with zero attached hydrogens (tertiary/aromatic N) is 1. The molecule has 4 nitrogen and oxygen atoms in total. The molecule has 1 aliphatic rings. The number of halogens is 9. The number of carboxylic acid groups (broad SMARTS) is 1. The van der Waals surface area contributed by atoms with Gasteiger partial charge in [0.1, 0.15) is 5.66 Å². The van der Waals surface area contributed by atoms with Crippen molar-refractivity contribution in [2.45, 2.75) is 56.9 Å². The topological polar surface area (TPSA) is 52.6 Å². The lowest BCUT2D eigenvalue weighted by molar-refractivity contribution is -0.143. The SMILES string of the molecule is CCC1(NCc2cc(C(F)(F)F)cc(C(F)(F)F)c2)CCc2cc(C(F)(F)F)ccc2N1C(=O)O. The van der Waals surface area contributed by atoms with Gasteiger partial charge in [0.15, 0.2) is 0 Å². The second-order valence-corrected chi connectivity index (χ2v) is 8.11. The Bertz CT molecular complexity index is 1080. The molecule has 1 heterocycles. The van der Waals surface area contributed by atoms with Crippen molar-refractivity contribution in [1.29, 1.82) is 0 Å². The van der Waals surface area contributed by atoms with Crippen LogP contribution < -0.4 is 10.2 Å². The molecular weight excluding hydrogens is 495 g/mol. The summed E-state index contributed by atoms with van der Waals surface area (Å²) in [6, 6.07) is 3.57. The fourth-order valence-electron chi connectivity index (χ4n) is 4.17. The zero-order valence-electron chi connectivity index (χ0n) is 18.0. The van der Waals surface area contributed by atoms with Crippen LogP contribution in [0.5, 0.6) is 0 Å². The lowest BCUT2D eigenvalue weighted by Gasteiger charge is -2.46. The van der Waals surface area contributed by atoms with E-state index >= 15 is 0 Å². The molecule has 0 radical (unpaired) electrons. The van der Waals surface area contributed by atoms with Gasteiger partial charge in [0.25, 0.3) is 0 Å². The number of fused-ring (bicyclic) bond motifs is 1. The Hall–Kier alpha value is -2.96. The van der Waals surface area contributed by atoms with Gasteiger partial charge >= 0.3 is 24.6 Å². The van der Waals surface area contributed by atoms with Crippen LogP contribution in [0, 0.1) is 0 Å². The maximum Gasteiger partial charge on any atom is 0.416 e. The van der Waals surface area contributed by atoms with Gasteiger partial charge in [0, 0.05) is 6.54 Å². The molecule has 2 aromatic carbocycles. The fourth-order valence-corrected chi connectivity index (χ4v) is 4.17. The molecule has 0 saturated carbocycles. The summed E-state index contributed by atoms with van der Waals surface area (Å²) in [7, 11) is 0. The van der Waals surface area contributed by atoms with Gasteiger partial charge in [-0.3, -0.25) is 10.2 Å². The fraction of sp³-hybridized carbons (Fsp3) is 0.409. The van der Waals surface area contributed by atoms with Gasteiger partial charge in [0.05, 0.1) is 22.4 Å². The number of hydrogen-bond acceptors (Lipinski definition) is 2. The summed E-state index contributed by atoms with van der Waals surface area (Å²) in [6.45, 7) is 0.992. The number of aryl methyl sites for hydroxylation is 1. The van der Waals surface area contributed by atoms with Gasteiger partial charge in [-0.05, 0) is 66.8 Å². The van der Waals surface area contributed by atoms with E-state index < -0.39 is 53.5 Å². The zero-order chi connectivity index (χ0) is 26.4. The number of alkyl halides is 9. The third-order valence-corrected chi connectivity index (χ3v) is 5.93. The van der Waals surface area contributed by atoms with E-state index in [0.29, 0.717) is 18.2 Å². The molecule has 35 heavy (non-hydrogen) atoms. The summed E-state index contributed by atoms with van der Waals surface area (Å²) >= 11 is 0. The van der Waals surface area contributed by atoms with E-state index in [1.165, 1.54) is 0 Å². The van der Waals surface area contributed by atoms with Crippen molar-refractivity contribution in [3.05, 3.63) is 64.2 Å². The van der Waals surface area contributed by atoms with Gasteiger partial charge in [0.2, 0.25) is 0 Å². The van der Waals surface area contributed by atoms with E-state index in [4.69, 9.17) is 0 Å². The third-order valence-electron chi connectivity index (χ3n) is 5.93. The van der Waals surface area contributed by atoms with E-state index in [1.807, 2.05) is 0 Å². The standard InChI is InChI=1S/C22H19F9N2O2/c1-2-19(32-11-12-7-15(21(26,27)28)10-16(8-12)22(29,30)31)6-5-13-9-14(20(23,24)25)3-4-17(13)33(19)18(34)35/h3-4,7-10,32H,2,5-6,11H2,1H3,(H,34,35). The van der Waals surface area contributed by atoms with Crippen molar-refractivity contribution >= 4 is 11.8 Å². The highest BCUT2D eigenvalue weighted by Gasteiger charge is 2.44. The second-order valence-electron chi connectivity index (χ2n) is 8.11. The summed E-state index contributed by atoms with van der Waals surface area (Å²) in [5.41, 5.74) is -5.81. The largest absolute Gasteiger partial charge is 0.465 e. The molecule has 2 aromatic rings. The second kappa shape index (κ2) is 8.92. The van der Waals surface area contributed by atoms with Crippen LogP contribution in [0.4, 0.5) is 50.0 Å². The molecule has 0 aliphatic carbocycles. The molecule has 0 saturated heterocycles. The van der Waals surface area contributed by atoms with Crippen LogP contribution in [0.15, 0.2) is 36.4 Å². The summed E-state index contributed by atoms with van der Waals surface area (Å²) in [6.07, 6.45) is -16.3. The van der Waals surface area contributed by atoms with Crippen LogP contribution in [0.2, 0.25) is 0 Å². The summed E-state index contributed by atoms with van der Waals surface area (Å²) in [5, 5.41) is 12.6. The zero-order valence-corrected chi connectivity index (χ0v) is 18.0. The first-order chi connectivity index (χ1) is 16.0. The molecular formula is C22H19F9N2O2. The van der Waals surface area contributed by atoms with Crippen LogP contribution in [0.25, 0.3) is 0 Å². The molecule has 0 fully saturated rings. The first-order valence-electron chi connectivity index (χ1n) is 10.2. The molecule has 13 heteroatoms. The first-order valence-corrected chi connectivity index (χ1v) is 10.2. The van der Waals surface area contributed by atoms with Gasteiger partial charge in [-0.25, -0.2) is 4.79 Å². The molecule has 1 aliphatic heterocycles. The molecule has 1 atom stereocenters. The number of nitrogens with one attached hydrogen (secondary N) is 1. The lowest BCUT2D eigenvalue weighted by Crippen LogP contribution is -2.62. The minimum Gasteiger partial charge on any atom is -0.465 e. The first kappa shape index (κ1) is 26.6. The van der Waals surface area contributed by atoms with Crippen LogP contribution in [-0.4, -0.2) is 16.9 Å². The van der Waals surface area contributed by atoms with Crippen molar-refractivity contribution in [1.82, 2.24) is 5.32 Å².